The minimum Gasteiger partial charge on any atom is -0.497 e. The summed E-state index contributed by atoms with van der Waals surface area (Å²) in [6.07, 6.45) is 6.22. The van der Waals surface area contributed by atoms with E-state index < -0.39 is 0 Å². The number of benzene rings is 1. The topological polar surface area (TPSA) is 45.7 Å². The predicted molar refractivity (Wildman–Crippen MR) is 103 cm³/mol. The van der Waals surface area contributed by atoms with Gasteiger partial charge in [0.1, 0.15) is 5.75 Å². The maximum atomic E-state index is 12.6. The Morgan fingerprint density at radius 1 is 1.23 bits per heavy atom. The van der Waals surface area contributed by atoms with Gasteiger partial charge in [-0.1, -0.05) is 13.0 Å². The van der Waals surface area contributed by atoms with E-state index in [0.29, 0.717) is 6.42 Å². The minimum atomic E-state index is 0.181. The molecule has 3 rings (SSSR count). The quantitative estimate of drug-likeness (QED) is 0.797. The van der Waals surface area contributed by atoms with E-state index in [2.05, 4.69) is 16.0 Å². The van der Waals surface area contributed by atoms with Gasteiger partial charge in [-0.2, -0.15) is 0 Å². The van der Waals surface area contributed by atoms with Crippen LogP contribution < -0.4 is 9.64 Å². The van der Waals surface area contributed by atoms with Crippen molar-refractivity contribution in [1.29, 1.82) is 0 Å². The fourth-order valence-corrected chi connectivity index (χ4v) is 3.56. The van der Waals surface area contributed by atoms with Crippen LogP contribution in [0.3, 0.4) is 0 Å². The monoisotopic (exact) mass is 353 g/mol. The number of hydrogen-bond acceptors (Lipinski definition) is 4. The molecule has 0 unspecified atom stereocenters. The van der Waals surface area contributed by atoms with Gasteiger partial charge in [-0.25, -0.2) is 0 Å². The summed E-state index contributed by atoms with van der Waals surface area (Å²) in [6, 6.07) is 12.1. The van der Waals surface area contributed by atoms with E-state index in [1.54, 1.807) is 13.3 Å². The Kier molecular flexibility index (Phi) is 6.23. The lowest BCUT2D eigenvalue weighted by atomic mass is 10.0. The Morgan fingerprint density at radius 2 is 1.96 bits per heavy atom. The van der Waals surface area contributed by atoms with Crippen molar-refractivity contribution in [3.05, 3.63) is 54.4 Å². The van der Waals surface area contributed by atoms with Crippen molar-refractivity contribution in [1.82, 2.24) is 9.88 Å². The van der Waals surface area contributed by atoms with Gasteiger partial charge in [-0.05, 0) is 48.7 Å². The van der Waals surface area contributed by atoms with Crippen molar-refractivity contribution in [2.45, 2.75) is 38.8 Å². The smallest absolute Gasteiger partial charge is 0.226 e. The van der Waals surface area contributed by atoms with Gasteiger partial charge in [0.05, 0.1) is 7.11 Å². The van der Waals surface area contributed by atoms with Crippen LogP contribution >= 0.6 is 0 Å². The summed E-state index contributed by atoms with van der Waals surface area (Å²) in [4.78, 5) is 21.2. The van der Waals surface area contributed by atoms with Crippen LogP contribution in [-0.2, 0) is 11.3 Å². The Hall–Kier alpha value is -2.40. The van der Waals surface area contributed by atoms with Crippen molar-refractivity contribution in [2.75, 3.05) is 25.1 Å². The van der Waals surface area contributed by atoms with Gasteiger partial charge in [-0.15, -0.1) is 0 Å². The highest BCUT2D eigenvalue weighted by molar-refractivity contribution is 5.93. The van der Waals surface area contributed by atoms with Gasteiger partial charge in [0.2, 0.25) is 5.91 Å². The molecule has 26 heavy (non-hydrogen) atoms. The maximum Gasteiger partial charge on any atom is 0.226 e. The number of ether oxygens (including phenoxy) is 1. The van der Waals surface area contributed by atoms with E-state index in [9.17, 15) is 4.79 Å². The zero-order valence-electron chi connectivity index (χ0n) is 15.6. The Bertz CT molecular complexity index is 695. The Morgan fingerprint density at radius 3 is 2.54 bits per heavy atom. The van der Waals surface area contributed by atoms with E-state index in [1.165, 1.54) is 5.56 Å². The molecule has 1 saturated heterocycles. The number of rotatable bonds is 6. The number of pyridine rings is 1. The third-order valence-corrected chi connectivity index (χ3v) is 4.97. The van der Waals surface area contributed by atoms with Crippen LogP contribution in [0.25, 0.3) is 0 Å². The van der Waals surface area contributed by atoms with Crippen LogP contribution in [0.15, 0.2) is 48.8 Å². The molecule has 5 nitrogen and oxygen atoms in total. The molecule has 0 aliphatic carbocycles. The molecule has 0 atom stereocenters. The third-order valence-electron chi connectivity index (χ3n) is 4.97. The van der Waals surface area contributed by atoms with Crippen molar-refractivity contribution >= 4 is 11.6 Å². The molecule has 1 aromatic carbocycles. The number of likely N-dealkylation sites (tertiary alicyclic amines) is 1. The molecule has 1 aliphatic rings. The summed E-state index contributed by atoms with van der Waals surface area (Å²) in [5.41, 5.74) is 2.20. The summed E-state index contributed by atoms with van der Waals surface area (Å²) in [7, 11) is 1.65. The molecule has 5 heteroatoms. The zero-order valence-corrected chi connectivity index (χ0v) is 15.6. The van der Waals surface area contributed by atoms with Crippen LogP contribution in [0.1, 0.15) is 31.7 Å². The number of piperidine rings is 1. The molecule has 2 heterocycles. The number of aromatic nitrogens is 1. The number of anilines is 1. The number of amides is 1. The summed E-state index contributed by atoms with van der Waals surface area (Å²) in [5, 5.41) is 0. The van der Waals surface area contributed by atoms with Gasteiger partial charge in [-0.3, -0.25) is 14.7 Å². The molecule has 138 valence electrons. The van der Waals surface area contributed by atoms with E-state index >= 15 is 0 Å². The molecular weight excluding hydrogens is 326 g/mol. The average Bonchev–Trinajstić information content (AvgIpc) is 2.70. The molecule has 1 aliphatic heterocycles. The van der Waals surface area contributed by atoms with Gasteiger partial charge < -0.3 is 9.64 Å². The first kappa shape index (κ1) is 18.4. The number of carbonyl (C=O) groups excluding carboxylic acids is 1. The predicted octanol–water partition coefficient (Wildman–Crippen LogP) is 3.50. The second kappa shape index (κ2) is 8.81. The second-order valence-electron chi connectivity index (χ2n) is 6.68. The van der Waals surface area contributed by atoms with Crippen LogP contribution in [0, 0.1) is 0 Å². The lowest BCUT2D eigenvalue weighted by Gasteiger charge is -2.38. The first-order valence-corrected chi connectivity index (χ1v) is 9.28. The molecule has 2 aromatic rings. The SMILES string of the molecule is CCC(=O)N(c1ccc(OC)cc1)C1CCN(Cc2cccnc2)CC1. The fourth-order valence-electron chi connectivity index (χ4n) is 3.56. The lowest BCUT2D eigenvalue weighted by molar-refractivity contribution is -0.119. The maximum absolute atomic E-state index is 12.6. The fraction of sp³-hybridized carbons (Fsp3) is 0.429. The largest absolute Gasteiger partial charge is 0.497 e. The highest BCUT2D eigenvalue weighted by Crippen LogP contribution is 2.27. The van der Waals surface area contributed by atoms with Gasteiger partial charge >= 0.3 is 0 Å². The Balaban J connectivity index is 1.66. The molecule has 0 N–H and O–H groups in total. The molecular formula is C21H27N3O2. The van der Waals surface area contributed by atoms with E-state index in [4.69, 9.17) is 4.74 Å². The number of methoxy groups -OCH3 is 1. The number of hydrogen-bond donors (Lipinski definition) is 0. The zero-order chi connectivity index (χ0) is 18.4. The number of carbonyl (C=O) groups is 1. The lowest BCUT2D eigenvalue weighted by Crippen LogP contribution is -2.47. The van der Waals surface area contributed by atoms with Crippen LogP contribution in [0.4, 0.5) is 5.69 Å². The van der Waals surface area contributed by atoms with Gasteiger partial charge in [0.15, 0.2) is 0 Å². The summed E-state index contributed by atoms with van der Waals surface area (Å²) in [5.74, 6) is 0.991. The molecule has 1 amide bonds. The summed E-state index contributed by atoms with van der Waals surface area (Å²) in [6.45, 7) is 4.83. The minimum absolute atomic E-state index is 0.181. The van der Waals surface area contributed by atoms with Crippen molar-refractivity contribution in [2.24, 2.45) is 0 Å². The van der Waals surface area contributed by atoms with Crippen LogP contribution in [0.2, 0.25) is 0 Å². The van der Waals surface area contributed by atoms with E-state index in [1.807, 2.05) is 48.4 Å². The average molecular weight is 353 g/mol. The van der Waals surface area contributed by atoms with Crippen molar-refractivity contribution in [3.63, 3.8) is 0 Å². The summed E-state index contributed by atoms with van der Waals surface area (Å²) < 4.78 is 5.24. The van der Waals surface area contributed by atoms with E-state index in [0.717, 1.165) is 43.9 Å². The molecule has 1 aromatic heterocycles. The number of nitrogens with zero attached hydrogens (tertiary/aromatic N) is 3. The highest BCUT2D eigenvalue weighted by Gasteiger charge is 2.28. The van der Waals surface area contributed by atoms with Crippen molar-refractivity contribution in [3.8, 4) is 5.75 Å². The summed E-state index contributed by atoms with van der Waals surface area (Å²) >= 11 is 0. The first-order chi connectivity index (χ1) is 12.7. The molecule has 1 fully saturated rings. The molecule has 0 bridgehead atoms. The van der Waals surface area contributed by atoms with Crippen LogP contribution in [0.5, 0.6) is 5.75 Å². The van der Waals surface area contributed by atoms with Crippen molar-refractivity contribution < 1.29 is 9.53 Å². The molecule has 0 radical (unpaired) electrons. The second-order valence-corrected chi connectivity index (χ2v) is 6.68. The normalized spacial score (nSPS) is 15.6. The highest BCUT2D eigenvalue weighted by atomic mass is 16.5. The molecule has 0 spiro atoms. The van der Waals surface area contributed by atoms with Gasteiger partial charge in [0.25, 0.3) is 0 Å². The Labute approximate surface area is 155 Å². The van der Waals surface area contributed by atoms with E-state index in [-0.39, 0.29) is 11.9 Å². The van der Waals surface area contributed by atoms with Gasteiger partial charge in [0, 0.05) is 50.2 Å². The standard InChI is InChI=1S/C21H27N3O2/c1-3-21(25)24(18-6-8-20(26-2)9-7-18)19-10-13-23(14-11-19)16-17-5-4-12-22-15-17/h4-9,12,15,19H,3,10-11,13-14,16H2,1-2H3. The van der Waals surface area contributed by atoms with Crippen LogP contribution in [-0.4, -0.2) is 42.0 Å². The molecule has 0 saturated carbocycles. The third kappa shape index (κ3) is 4.41. The first-order valence-electron chi connectivity index (χ1n) is 9.28.